The third-order valence-corrected chi connectivity index (χ3v) is 4.44. The predicted molar refractivity (Wildman–Crippen MR) is 383 cm³/mol. The highest BCUT2D eigenvalue weighted by Gasteiger charge is 1.99. The lowest BCUT2D eigenvalue weighted by Gasteiger charge is -2.05. The number of fused-ring (bicyclic) bond motifs is 2. The number of hydrogen-bond acceptors (Lipinski definition) is 2. The lowest BCUT2D eigenvalue weighted by atomic mass is 10.0. The summed E-state index contributed by atoms with van der Waals surface area (Å²) in [7, 11) is 0. The van der Waals surface area contributed by atoms with E-state index in [0.717, 1.165) is 0 Å². The van der Waals surface area contributed by atoms with Gasteiger partial charge in [-0.3, -0.25) is 9.97 Å². The van der Waals surface area contributed by atoms with Gasteiger partial charge in [-0.2, -0.15) is 0 Å². The van der Waals surface area contributed by atoms with Crippen molar-refractivity contribution in [1.29, 1.82) is 0 Å². The largest absolute Gasteiger partial charge is 0.265 e. The molecule has 0 saturated carbocycles. The van der Waals surface area contributed by atoms with Crippen LogP contribution >= 0.6 is 0 Å². The van der Waals surface area contributed by atoms with Gasteiger partial charge in [0.2, 0.25) is 0 Å². The zero-order valence-corrected chi connectivity index (χ0v) is 61.9. The summed E-state index contributed by atoms with van der Waals surface area (Å²) in [5.41, 5.74) is 4.00. The number of aromatic nitrogens is 2. The number of nitrogens with zero attached hydrogens (tertiary/aromatic N) is 2. The molecule has 0 aliphatic heterocycles. The van der Waals surface area contributed by atoms with Gasteiger partial charge in [-0.15, -0.1) is 0 Å². The maximum atomic E-state index is 4.01. The van der Waals surface area contributed by atoms with Crippen LogP contribution in [-0.2, 0) is 0 Å². The molecule has 2 heterocycles. The Hall–Kier alpha value is -4.30. The summed E-state index contributed by atoms with van der Waals surface area (Å²) < 4.78 is 0. The molecule has 0 fully saturated rings. The molecule has 2 aromatic heterocycles. The molecule has 0 N–H and O–H groups in total. The van der Waals surface area contributed by atoms with Crippen molar-refractivity contribution in [3.63, 3.8) is 0 Å². The third-order valence-electron chi connectivity index (χ3n) is 4.44. The van der Waals surface area contributed by atoms with E-state index in [4.69, 9.17) is 0 Å². The predicted octanol–water partition coefficient (Wildman–Crippen LogP) is 28.4. The summed E-state index contributed by atoms with van der Waals surface area (Å²) in [4.78, 5) is 7.80. The minimum absolute atomic E-state index is 0.500. The van der Waals surface area contributed by atoms with Crippen LogP contribution < -0.4 is 0 Å². The van der Waals surface area contributed by atoms with Gasteiger partial charge in [-0.25, -0.2) is 0 Å². The van der Waals surface area contributed by atoms with Crippen LogP contribution in [0, 0.1) is 43.3 Å². The topological polar surface area (TPSA) is 25.8 Å². The van der Waals surface area contributed by atoms with E-state index in [1.165, 1.54) is 21.5 Å². The number of benzene rings is 4. The average molecular weight is 1110 g/mol. The van der Waals surface area contributed by atoms with E-state index in [1.54, 1.807) is 12.4 Å². The maximum absolute atomic E-state index is 4.01. The van der Waals surface area contributed by atoms with Crippen LogP contribution in [0.1, 0.15) is 277 Å². The van der Waals surface area contributed by atoms with Gasteiger partial charge in [0.05, 0.1) is 0 Å². The van der Waals surface area contributed by atoms with Crippen molar-refractivity contribution in [2.45, 2.75) is 277 Å². The van der Waals surface area contributed by atoms with Crippen molar-refractivity contribution in [2.75, 3.05) is 0 Å². The Morgan fingerprint density at radius 1 is 0.175 bits per heavy atom. The summed E-state index contributed by atoms with van der Waals surface area (Å²) in [6.07, 6.45) is 7.18. The van der Waals surface area contributed by atoms with Gasteiger partial charge in [0.1, 0.15) is 0 Å². The zero-order chi connectivity index (χ0) is 66.1. The molecule has 0 bridgehead atoms. The summed E-state index contributed by atoms with van der Waals surface area (Å²) in [5.74, 6) is 0. The summed E-state index contributed by atoms with van der Waals surface area (Å²) in [6, 6.07) is 44.6. The Kier molecular flexibility index (Phi) is 70.8. The Morgan fingerprint density at radius 3 is 0.463 bits per heavy atom. The Bertz CT molecular complexity index is 1530. The van der Waals surface area contributed by atoms with E-state index in [-0.39, 0.29) is 0 Å². The van der Waals surface area contributed by atoms with Gasteiger partial charge in [0.15, 0.2) is 0 Å². The molecule has 0 amide bonds. The van der Waals surface area contributed by atoms with Gasteiger partial charge in [-0.05, 0) is 83.1 Å². The van der Waals surface area contributed by atoms with Crippen molar-refractivity contribution < 1.29 is 0 Å². The number of hydrogen-bond donors (Lipinski definition) is 0. The van der Waals surface area contributed by atoms with E-state index in [0.29, 0.717) is 43.3 Å². The van der Waals surface area contributed by atoms with Crippen molar-refractivity contribution in [3.8, 4) is 0 Å². The standard InChI is InChI=1S/C10H8.C9H7N.C6H6.C5H5N.8C5H12.4C2H6/c1-2-6-10-8-4-3-7-9(10)5-1;1-2-4-9-7-10-6-5-8(9)3-1;2*1-2-4-6-5-3-1;8*1-5(2,3)4;4*1-2/h1-8H;1-7H;1-6H;1-5H;8*1-4H3;4*1-2H3. The third kappa shape index (κ3) is 204. The van der Waals surface area contributed by atoms with Gasteiger partial charge in [0, 0.05) is 24.8 Å². The van der Waals surface area contributed by atoms with Crippen LogP contribution in [0.25, 0.3) is 21.5 Å². The molecule has 6 rings (SSSR count). The highest BCUT2D eigenvalue weighted by atomic mass is 14.6. The fourth-order valence-electron chi connectivity index (χ4n) is 2.86. The number of pyridine rings is 2. The zero-order valence-electron chi connectivity index (χ0n) is 61.9. The lowest BCUT2D eigenvalue weighted by Crippen LogP contribution is -1.93. The van der Waals surface area contributed by atoms with Crippen molar-refractivity contribution in [1.82, 2.24) is 9.97 Å². The smallest absolute Gasteiger partial charge is 0.0346 e. The van der Waals surface area contributed by atoms with Gasteiger partial charge < -0.3 is 0 Å². The molecular weight excluding hydrogens is 965 g/mol. The second-order valence-electron chi connectivity index (χ2n) is 30.7. The molecule has 468 valence electrons. The molecule has 6 aromatic rings. The number of rotatable bonds is 0. The van der Waals surface area contributed by atoms with Crippen LogP contribution in [0.15, 0.2) is 158 Å². The molecule has 0 aliphatic rings. The highest BCUT2D eigenvalue weighted by Crippen LogP contribution is 2.14. The van der Waals surface area contributed by atoms with Crippen molar-refractivity contribution >= 4 is 21.5 Å². The molecular formula is C78H146N2. The molecule has 80 heavy (non-hydrogen) atoms. The quantitative estimate of drug-likeness (QED) is 0.151. The first-order chi connectivity index (χ1) is 35.9. The molecule has 0 atom stereocenters. The molecule has 2 nitrogen and oxygen atoms in total. The minimum Gasteiger partial charge on any atom is -0.265 e. The maximum Gasteiger partial charge on any atom is 0.0346 e. The van der Waals surface area contributed by atoms with E-state index in [9.17, 15) is 0 Å². The lowest BCUT2D eigenvalue weighted by molar-refractivity contribution is 0.469. The minimum atomic E-state index is 0.500. The first-order valence-electron chi connectivity index (χ1n) is 30.5. The second-order valence-corrected chi connectivity index (χ2v) is 30.7. The van der Waals surface area contributed by atoms with Crippen molar-refractivity contribution in [2.24, 2.45) is 43.3 Å². The summed E-state index contributed by atoms with van der Waals surface area (Å²) in [5, 5.41) is 5.07. The molecule has 2 heteroatoms. The normalized spacial score (nSPS) is 10.0. The van der Waals surface area contributed by atoms with E-state index < -0.39 is 0 Å². The van der Waals surface area contributed by atoms with E-state index >= 15 is 0 Å². The fourth-order valence-corrected chi connectivity index (χ4v) is 2.86. The first kappa shape index (κ1) is 97.9. The van der Waals surface area contributed by atoms with Crippen molar-refractivity contribution in [3.05, 3.63) is 158 Å². The highest BCUT2D eigenvalue weighted by molar-refractivity contribution is 5.82. The Balaban J connectivity index is -0.0000000835. The monoisotopic (exact) mass is 1110 g/mol. The van der Waals surface area contributed by atoms with E-state index in [2.05, 4.69) is 292 Å². The van der Waals surface area contributed by atoms with Crippen LogP contribution in [-0.4, -0.2) is 9.97 Å². The average Bonchev–Trinajstić information content (AvgIpc) is 3.29. The van der Waals surface area contributed by atoms with Crippen LogP contribution in [0.2, 0.25) is 0 Å². The molecule has 0 saturated heterocycles. The SMILES string of the molecule is CC.CC.CC.CC.CC(C)(C)C.CC(C)(C)C.CC(C)(C)C.CC(C)(C)C.CC(C)(C)C.CC(C)(C)C.CC(C)(C)C.CC(C)(C)C.c1ccc2ccccc2c1.c1ccc2cnccc2c1.c1ccccc1.c1ccncc1. The van der Waals surface area contributed by atoms with Gasteiger partial charge in [-0.1, -0.05) is 392 Å². The summed E-state index contributed by atoms with van der Waals surface area (Å²) >= 11 is 0. The molecule has 0 radical (unpaired) electrons. The second kappa shape index (κ2) is 57.9. The van der Waals surface area contributed by atoms with Crippen LogP contribution in [0.4, 0.5) is 0 Å². The Labute approximate surface area is 507 Å². The van der Waals surface area contributed by atoms with E-state index in [1.807, 2.05) is 141 Å². The van der Waals surface area contributed by atoms with Crippen LogP contribution in [0.3, 0.4) is 0 Å². The molecule has 0 spiro atoms. The Morgan fingerprint density at radius 2 is 0.325 bits per heavy atom. The van der Waals surface area contributed by atoms with Crippen LogP contribution in [0.5, 0.6) is 0 Å². The summed E-state index contributed by atoms with van der Waals surface area (Å²) in [6.45, 7) is 86.0. The molecule has 0 aliphatic carbocycles. The van der Waals surface area contributed by atoms with Gasteiger partial charge >= 0.3 is 0 Å². The fraction of sp³-hybridized carbons (Fsp3) is 0.615. The molecule has 4 aromatic carbocycles. The first-order valence-corrected chi connectivity index (χ1v) is 30.5. The van der Waals surface area contributed by atoms with Gasteiger partial charge in [0.25, 0.3) is 0 Å². The molecule has 0 unspecified atom stereocenters.